The largest absolute Gasteiger partial charge is 0.417 e. The summed E-state index contributed by atoms with van der Waals surface area (Å²) >= 11 is 0. The third-order valence-electron chi connectivity index (χ3n) is 4.14. The number of rotatable bonds is 3. The fraction of sp³-hybridized carbons (Fsp3) is 0.0909. The van der Waals surface area contributed by atoms with Crippen LogP contribution in [0.25, 0.3) is 11.1 Å². The van der Waals surface area contributed by atoms with Crippen molar-refractivity contribution < 1.29 is 26.3 Å². The van der Waals surface area contributed by atoms with Crippen LogP contribution in [-0.2, 0) is 6.18 Å². The zero-order valence-corrected chi connectivity index (χ0v) is 14.4. The lowest BCUT2D eigenvalue weighted by atomic mass is 9.88. The first-order chi connectivity index (χ1) is 13.2. The maximum atomic E-state index is 14.1. The minimum atomic E-state index is -4.87. The monoisotopic (exact) mass is 392 g/mol. The molecule has 0 aliphatic carbocycles. The lowest BCUT2D eigenvalue weighted by molar-refractivity contribution is -0.137. The molecule has 0 unspecified atom stereocenters. The fourth-order valence-corrected chi connectivity index (χ4v) is 2.97. The van der Waals surface area contributed by atoms with Gasteiger partial charge < -0.3 is 0 Å². The molecule has 0 nitrogen and oxygen atoms in total. The summed E-state index contributed by atoms with van der Waals surface area (Å²) in [7, 11) is 0. The van der Waals surface area contributed by atoms with Crippen LogP contribution in [-0.4, -0.2) is 6.18 Å². The summed E-state index contributed by atoms with van der Waals surface area (Å²) in [5.74, 6) is 0. The van der Waals surface area contributed by atoms with Gasteiger partial charge in [0.25, 0.3) is 0 Å². The Kier molecular flexibility index (Phi) is 5.31. The van der Waals surface area contributed by atoms with E-state index in [4.69, 9.17) is 0 Å². The lowest BCUT2D eigenvalue weighted by Gasteiger charge is -2.20. The van der Waals surface area contributed by atoms with Crippen LogP contribution in [0.5, 0.6) is 0 Å². The highest BCUT2D eigenvalue weighted by molar-refractivity contribution is 6.00. The summed E-state index contributed by atoms with van der Waals surface area (Å²) in [5, 5.41) is 0. The van der Waals surface area contributed by atoms with E-state index in [2.05, 4.69) is 0 Å². The predicted molar refractivity (Wildman–Crippen MR) is 96.3 cm³/mol. The van der Waals surface area contributed by atoms with Gasteiger partial charge in [0.2, 0.25) is 0 Å². The Balaban J connectivity index is 2.38. The van der Waals surface area contributed by atoms with Gasteiger partial charge in [-0.1, -0.05) is 72.8 Å². The van der Waals surface area contributed by atoms with Gasteiger partial charge in [-0.25, -0.2) is 0 Å². The third kappa shape index (κ3) is 4.27. The summed E-state index contributed by atoms with van der Waals surface area (Å²) in [4.78, 5) is 0. The van der Waals surface area contributed by atoms with Crippen molar-refractivity contribution in [3.8, 4) is 0 Å². The zero-order valence-electron chi connectivity index (χ0n) is 14.4. The Morgan fingerprint density at radius 1 is 0.536 bits per heavy atom. The molecular weight excluding hydrogens is 378 g/mol. The third-order valence-corrected chi connectivity index (χ3v) is 4.14. The Labute approximate surface area is 157 Å². The standard InChI is InChI=1S/C22H14F6/c23-21(24,25)18-13-7-12-17(14-18)20(22(26,27)28)19(15-8-3-1-4-9-15)16-10-5-2-6-11-16/h1-14H. The Morgan fingerprint density at radius 2 is 1.00 bits per heavy atom. The first-order valence-electron chi connectivity index (χ1n) is 8.28. The van der Waals surface area contributed by atoms with Crippen molar-refractivity contribution in [2.75, 3.05) is 0 Å². The Bertz CT molecular complexity index is 926. The average molecular weight is 392 g/mol. The van der Waals surface area contributed by atoms with Gasteiger partial charge >= 0.3 is 12.4 Å². The van der Waals surface area contributed by atoms with Crippen molar-refractivity contribution in [1.29, 1.82) is 0 Å². The quantitative estimate of drug-likeness (QED) is 0.326. The molecule has 3 aromatic carbocycles. The molecule has 0 aliphatic heterocycles. The molecule has 0 saturated heterocycles. The van der Waals surface area contributed by atoms with Crippen LogP contribution in [0, 0.1) is 0 Å². The van der Waals surface area contributed by atoms with E-state index in [-0.39, 0.29) is 16.7 Å². The smallest absolute Gasteiger partial charge is 0.166 e. The molecule has 0 radical (unpaired) electrons. The molecule has 28 heavy (non-hydrogen) atoms. The van der Waals surface area contributed by atoms with E-state index >= 15 is 0 Å². The molecule has 0 N–H and O–H groups in total. The summed E-state index contributed by atoms with van der Waals surface area (Å²) in [6, 6.07) is 19.0. The van der Waals surface area contributed by atoms with Gasteiger partial charge in [0.15, 0.2) is 0 Å². The molecule has 6 heteroatoms. The van der Waals surface area contributed by atoms with Gasteiger partial charge in [0, 0.05) is 5.57 Å². The highest BCUT2D eigenvalue weighted by atomic mass is 19.4. The van der Waals surface area contributed by atoms with E-state index in [0.717, 1.165) is 18.2 Å². The van der Waals surface area contributed by atoms with Gasteiger partial charge in [-0.2, -0.15) is 26.3 Å². The van der Waals surface area contributed by atoms with E-state index in [1.165, 1.54) is 24.3 Å². The SMILES string of the molecule is FC(F)(F)C(=C(c1ccccc1)c1ccccc1)c1cccc(C(F)(F)F)c1. The molecule has 0 fully saturated rings. The second kappa shape index (κ2) is 7.54. The van der Waals surface area contributed by atoms with E-state index in [0.29, 0.717) is 6.07 Å². The number of hydrogen-bond acceptors (Lipinski definition) is 0. The van der Waals surface area contributed by atoms with E-state index in [1.807, 2.05) is 0 Å². The fourth-order valence-electron chi connectivity index (χ4n) is 2.97. The van der Waals surface area contributed by atoms with E-state index in [9.17, 15) is 26.3 Å². The van der Waals surface area contributed by atoms with Crippen LogP contribution in [0.4, 0.5) is 26.3 Å². The van der Waals surface area contributed by atoms with Gasteiger partial charge in [0.05, 0.1) is 11.1 Å². The van der Waals surface area contributed by atoms with Crippen molar-refractivity contribution in [2.45, 2.75) is 12.4 Å². The van der Waals surface area contributed by atoms with Gasteiger partial charge in [0.1, 0.15) is 0 Å². The summed E-state index contributed by atoms with van der Waals surface area (Å²) in [6.07, 6.45) is -9.61. The number of allylic oxidation sites excluding steroid dienone is 1. The van der Waals surface area contributed by atoms with Crippen LogP contribution < -0.4 is 0 Å². The maximum absolute atomic E-state index is 14.1. The Hall–Kier alpha value is -3.02. The number of halogens is 6. The second-order valence-electron chi connectivity index (χ2n) is 6.06. The molecule has 144 valence electrons. The predicted octanol–water partition coefficient (Wildman–Crippen LogP) is 7.23. The summed E-state index contributed by atoms with van der Waals surface area (Å²) in [6.45, 7) is 0. The highest BCUT2D eigenvalue weighted by Gasteiger charge is 2.39. The minimum absolute atomic E-state index is 0.173. The van der Waals surface area contributed by atoms with Crippen molar-refractivity contribution in [3.63, 3.8) is 0 Å². The first kappa shape index (κ1) is 19.7. The van der Waals surface area contributed by atoms with Gasteiger partial charge in [-0.15, -0.1) is 0 Å². The van der Waals surface area contributed by atoms with E-state index < -0.39 is 29.1 Å². The molecule has 0 aliphatic rings. The van der Waals surface area contributed by atoms with Gasteiger partial charge in [-0.3, -0.25) is 0 Å². The van der Waals surface area contributed by atoms with Crippen LogP contribution in [0.3, 0.4) is 0 Å². The molecule has 0 saturated carbocycles. The molecule has 0 amide bonds. The molecule has 3 rings (SSSR count). The second-order valence-corrected chi connectivity index (χ2v) is 6.06. The molecule has 0 atom stereocenters. The normalized spacial score (nSPS) is 11.9. The summed E-state index contributed by atoms with van der Waals surface area (Å²) in [5.41, 5.74) is -2.43. The molecule has 0 aromatic heterocycles. The van der Waals surface area contributed by atoms with Crippen LogP contribution in [0.1, 0.15) is 22.3 Å². The topological polar surface area (TPSA) is 0 Å². The maximum Gasteiger partial charge on any atom is 0.417 e. The zero-order chi connectivity index (χ0) is 20.4. The number of benzene rings is 3. The highest BCUT2D eigenvalue weighted by Crippen LogP contribution is 2.43. The van der Waals surface area contributed by atoms with Gasteiger partial charge in [-0.05, 0) is 28.8 Å². The number of alkyl halides is 6. The Morgan fingerprint density at radius 3 is 1.43 bits per heavy atom. The van der Waals surface area contributed by atoms with Crippen LogP contribution >= 0.6 is 0 Å². The lowest BCUT2D eigenvalue weighted by Crippen LogP contribution is -2.15. The van der Waals surface area contributed by atoms with Crippen LogP contribution in [0.15, 0.2) is 84.9 Å². The number of hydrogen-bond donors (Lipinski definition) is 0. The average Bonchev–Trinajstić information content (AvgIpc) is 2.66. The van der Waals surface area contributed by atoms with Crippen LogP contribution in [0.2, 0.25) is 0 Å². The minimum Gasteiger partial charge on any atom is -0.166 e. The van der Waals surface area contributed by atoms with Crippen molar-refractivity contribution in [3.05, 3.63) is 107 Å². The molecule has 0 heterocycles. The molecule has 0 spiro atoms. The summed E-state index contributed by atoms with van der Waals surface area (Å²) < 4.78 is 81.6. The van der Waals surface area contributed by atoms with Crippen molar-refractivity contribution >= 4 is 11.1 Å². The first-order valence-corrected chi connectivity index (χ1v) is 8.28. The van der Waals surface area contributed by atoms with E-state index in [1.54, 1.807) is 36.4 Å². The molecule has 0 bridgehead atoms. The van der Waals surface area contributed by atoms with Crippen molar-refractivity contribution in [1.82, 2.24) is 0 Å². The molecule has 3 aromatic rings. The van der Waals surface area contributed by atoms with Crippen molar-refractivity contribution in [2.24, 2.45) is 0 Å². The molecular formula is C22H14F6.